The van der Waals surface area contributed by atoms with Crippen molar-refractivity contribution in [3.05, 3.63) is 29.3 Å². The minimum absolute atomic E-state index is 0.532. The SMILES string of the molecule is Nc1ccc2c(c1)CCN(BC=O)C2. The number of carbonyl (C=O) groups excluding carboxylic acids is 1. The summed E-state index contributed by atoms with van der Waals surface area (Å²) < 4.78 is 0. The van der Waals surface area contributed by atoms with E-state index in [-0.39, 0.29) is 0 Å². The lowest BCUT2D eigenvalue weighted by molar-refractivity contribution is 0.420. The average molecular weight is 188 g/mol. The second-order valence-corrected chi connectivity index (χ2v) is 3.68. The summed E-state index contributed by atoms with van der Waals surface area (Å²) in [7, 11) is 0.532. The molecule has 0 fully saturated rings. The van der Waals surface area contributed by atoms with Crippen molar-refractivity contribution < 1.29 is 4.79 Å². The molecule has 0 saturated carbocycles. The van der Waals surface area contributed by atoms with Gasteiger partial charge in [0.25, 0.3) is 7.41 Å². The quantitative estimate of drug-likeness (QED) is 0.408. The van der Waals surface area contributed by atoms with Crippen LogP contribution in [0.2, 0.25) is 0 Å². The van der Waals surface area contributed by atoms with Gasteiger partial charge in [-0.15, -0.1) is 0 Å². The van der Waals surface area contributed by atoms with Gasteiger partial charge in [0.15, 0.2) is 0 Å². The number of nitrogens with two attached hydrogens (primary N) is 1. The number of hydrogen-bond donors (Lipinski definition) is 1. The fourth-order valence-electron chi connectivity index (χ4n) is 1.89. The van der Waals surface area contributed by atoms with Gasteiger partial charge >= 0.3 is 0 Å². The molecule has 0 atom stereocenters. The van der Waals surface area contributed by atoms with Gasteiger partial charge in [-0.05, 0) is 36.2 Å². The lowest BCUT2D eigenvalue weighted by Gasteiger charge is -2.26. The van der Waals surface area contributed by atoms with Gasteiger partial charge in [0.05, 0.1) is 6.19 Å². The number of benzene rings is 1. The minimum Gasteiger partial charge on any atom is -0.399 e. The maximum Gasteiger partial charge on any atom is 0.281 e. The summed E-state index contributed by atoms with van der Waals surface area (Å²) in [6.45, 7) is 1.82. The summed E-state index contributed by atoms with van der Waals surface area (Å²) in [5.74, 6) is 0. The molecule has 1 aromatic carbocycles. The van der Waals surface area contributed by atoms with Crippen molar-refractivity contribution in [3.63, 3.8) is 0 Å². The Labute approximate surface area is 84.2 Å². The molecule has 0 amide bonds. The Balaban J connectivity index is 2.18. The van der Waals surface area contributed by atoms with Crippen molar-refractivity contribution in [1.29, 1.82) is 0 Å². The van der Waals surface area contributed by atoms with Crippen LogP contribution in [0.4, 0.5) is 5.69 Å². The molecule has 1 aliphatic rings. The van der Waals surface area contributed by atoms with Crippen molar-refractivity contribution in [2.24, 2.45) is 0 Å². The van der Waals surface area contributed by atoms with Gasteiger partial charge in [-0.25, -0.2) is 0 Å². The first kappa shape index (κ1) is 9.28. The molecule has 0 radical (unpaired) electrons. The van der Waals surface area contributed by atoms with E-state index in [1.807, 2.05) is 12.1 Å². The Morgan fingerprint density at radius 1 is 1.43 bits per heavy atom. The zero-order valence-corrected chi connectivity index (χ0v) is 8.07. The van der Waals surface area contributed by atoms with E-state index >= 15 is 0 Å². The van der Waals surface area contributed by atoms with Gasteiger partial charge in [0, 0.05) is 12.2 Å². The summed E-state index contributed by atoms with van der Waals surface area (Å²) in [4.78, 5) is 12.5. The monoisotopic (exact) mass is 188 g/mol. The normalized spacial score (nSPS) is 16.0. The number of carbonyl (C=O) groups is 1. The van der Waals surface area contributed by atoms with Crippen LogP contribution in [0.3, 0.4) is 0 Å². The Morgan fingerprint density at radius 3 is 3.07 bits per heavy atom. The standard InChI is InChI=1S/C10H13BN2O/c12-10-2-1-9-6-13(11-7-14)4-3-8(9)5-10/h1-2,5,7,11H,3-4,6,12H2. The van der Waals surface area contributed by atoms with Crippen LogP contribution >= 0.6 is 0 Å². The molecule has 1 heterocycles. The predicted octanol–water partition coefficient (Wildman–Crippen LogP) is 0.169. The first-order chi connectivity index (χ1) is 6.79. The summed E-state index contributed by atoms with van der Waals surface area (Å²) >= 11 is 0. The van der Waals surface area contributed by atoms with Crippen LogP contribution in [-0.2, 0) is 17.8 Å². The van der Waals surface area contributed by atoms with E-state index in [9.17, 15) is 4.79 Å². The molecule has 72 valence electrons. The molecular formula is C10H13BN2O. The highest BCUT2D eigenvalue weighted by Gasteiger charge is 2.15. The second-order valence-electron chi connectivity index (χ2n) is 3.68. The number of hydrogen-bond acceptors (Lipinski definition) is 3. The highest BCUT2D eigenvalue weighted by atomic mass is 16.1. The number of nitrogens with zero attached hydrogens (tertiary/aromatic N) is 1. The first-order valence-corrected chi connectivity index (χ1v) is 4.83. The fourth-order valence-corrected chi connectivity index (χ4v) is 1.89. The number of nitrogen functional groups attached to an aromatic ring is 1. The third-order valence-electron chi connectivity index (χ3n) is 2.65. The molecule has 1 aliphatic heterocycles. The molecule has 1 aromatic rings. The molecule has 0 aromatic heterocycles. The molecule has 3 nitrogen and oxygen atoms in total. The van der Waals surface area contributed by atoms with E-state index in [1.54, 1.807) is 0 Å². The average Bonchev–Trinajstić information content (AvgIpc) is 2.19. The largest absolute Gasteiger partial charge is 0.399 e. The Kier molecular flexibility index (Phi) is 2.54. The molecule has 0 aliphatic carbocycles. The van der Waals surface area contributed by atoms with Crippen LogP contribution in [0.25, 0.3) is 0 Å². The highest BCUT2D eigenvalue weighted by molar-refractivity contribution is 6.64. The summed E-state index contributed by atoms with van der Waals surface area (Å²) in [6, 6.07) is 6.01. The van der Waals surface area contributed by atoms with Gasteiger partial charge in [-0.1, -0.05) is 6.07 Å². The van der Waals surface area contributed by atoms with E-state index in [4.69, 9.17) is 5.73 Å². The highest BCUT2D eigenvalue weighted by Crippen LogP contribution is 2.20. The van der Waals surface area contributed by atoms with Crippen molar-refractivity contribution in [2.75, 3.05) is 12.3 Å². The maximum absolute atomic E-state index is 10.4. The van der Waals surface area contributed by atoms with Crippen LogP contribution in [0, 0.1) is 0 Å². The Bertz CT molecular complexity index is 354. The van der Waals surface area contributed by atoms with E-state index in [1.165, 1.54) is 11.1 Å². The molecule has 0 unspecified atom stereocenters. The molecule has 4 heteroatoms. The van der Waals surface area contributed by atoms with Crippen molar-refractivity contribution in [1.82, 2.24) is 4.81 Å². The molecule has 2 N–H and O–H groups in total. The predicted molar refractivity (Wildman–Crippen MR) is 58.9 cm³/mol. The van der Waals surface area contributed by atoms with E-state index in [0.29, 0.717) is 7.41 Å². The third-order valence-corrected chi connectivity index (χ3v) is 2.65. The number of rotatable bonds is 2. The summed E-state index contributed by atoms with van der Waals surface area (Å²) in [5, 5.41) is 0. The van der Waals surface area contributed by atoms with Crippen molar-refractivity contribution in [3.8, 4) is 0 Å². The zero-order valence-electron chi connectivity index (χ0n) is 8.07. The van der Waals surface area contributed by atoms with Crippen LogP contribution in [-0.4, -0.2) is 25.0 Å². The smallest absolute Gasteiger partial charge is 0.281 e. The topological polar surface area (TPSA) is 46.3 Å². The van der Waals surface area contributed by atoms with E-state index < -0.39 is 0 Å². The van der Waals surface area contributed by atoms with Crippen LogP contribution in [0.1, 0.15) is 11.1 Å². The second kappa shape index (κ2) is 3.84. The lowest BCUT2D eigenvalue weighted by Crippen LogP contribution is -2.34. The van der Waals surface area contributed by atoms with Crippen molar-refractivity contribution in [2.45, 2.75) is 13.0 Å². The van der Waals surface area contributed by atoms with Crippen LogP contribution in [0.5, 0.6) is 0 Å². The Hall–Kier alpha value is -1.29. The van der Waals surface area contributed by atoms with Crippen molar-refractivity contribution >= 4 is 19.3 Å². The summed E-state index contributed by atoms with van der Waals surface area (Å²) in [5.41, 5.74) is 9.16. The van der Waals surface area contributed by atoms with Crippen LogP contribution in [0.15, 0.2) is 18.2 Å². The number of anilines is 1. The van der Waals surface area contributed by atoms with Gasteiger partial charge < -0.3 is 15.3 Å². The molecule has 0 bridgehead atoms. The Morgan fingerprint density at radius 2 is 2.29 bits per heavy atom. The lowest BCUT2D eigenvalue weighted by atomic mass is 9.88. The van der Waals surface area contributed by atoms with Gasteiger partial charge in [-0.3, -0.25) is 0 Å². The van der Waals surface area contributed by atoms with E-state index in [2.05, 4.69) is 10.9 Å². The maximum atomic E-state index is 10.4. The third kappa shape index (κ3) is 1.80. The zero-order chi connectivity index (χ0) is 9.97. The van der Waals surface area contributed by atoms with Gasteiger partial charge in [-0.2, -0.15) is 0 Å². The molecule has 14 heavy (non-hydrogen) atoms. The minimum atomic E-state index is 0.532. The first-order valence-electron chi connectivity index (χ1n) is 4.83. The number of fused-ring (bicyclic) bond motifs is 1. The van der Waals surface area contributed by atoms with E-state index in [0.717, 1.165) is 31.4 Å². The van der Waals surface area contributed by atoms with Gasteiger partial charge in [0.2, 0.25) is 0 Å². The molecule has 0 saturated heterocycles. The van der Waals surface area contributed by atoms with Crippen LogP contribution < -0.4 is 5.73 Å². The fraction of sp³-hybridized carbons (Fsp3) is 0.300. The summed E-state index contributed by atoms with van der Waals surface area (Å²) in [6.07, 6.45) is 1.95. The van der Waals surface area contributed by atoms with Gasteiger partial charge in [0.1, 0.15) is 0 Å². The molecule has 0 spiro atoms. The molecular weight excluding hydrogens is 175 g/mol. The molecule has 2 rings (SSSR count).